The largest absolute Gasteiger partial charge is 0.379 e. The van der Waals surface area contributed by atoms with Crippen molar-refractivity contribution >= 4 is 11.3 Å². The third kappa shape index (κ3) is 2.58. The lowest BCUT2D eigenvalue weighted by Crippen LogP contribution is -2.25. The van der Waals surface area contributed by atoms with E-state index in [0.29, 0.717) is 6.04 Å². The van der Waals surface area contributed by atoms with Gasteiger partial charge in [0.25, 0.3) is 0 Å². The molecule has 0 saturated heterocycles. The smallest absolute Gasteiger partial charge is 0.0425 e. The molecule has 1 aliphatic heterocycles. The Morgan fingerprint density at radius 3 is 2.42 bits per heavy atom. The Morgan fingerprint density at radius 1 is 0.947 bits per heavy atom. The number of pyridine rings is 1. The predicted molar refractivity (Wildman–Crippen MR) is 79.2 cm³/mol. The second kappa shape index (κ2) is 5.11. The van der Waals surface area contributed by atoms with Crippen molar-refractivity contribution in [1.82, 2.24) is 10.3 Å². The van der Waals surface area contributed by atoms with E-state index in [1.165, 1.54) is 16.7 Å². The Bertz CT molecular complexity index is 612. The minimum absolute atomic E-state index is 0.323. The predicted octanol–water partition coefficient (Wildman–Crippen LogP) is 3.50. The van der Waals surface area contributed by atoms with Crippen LogP contribution in [0.15, 0.2) is 67.0 Å². The van der Waals surface area contributed by atoms with Gasteiger partial charge in [0.15, 0.2) is 0 Å². The monoisotopic (exact) mass is 248 g/mol. The molecule has 0 bridgehead atoms. The van der Waals surface area contributed by atoms with Crippen LogP contribution in [0, 0.1) is 0 Å². The van der Waals surface area contributed by atoms with Gasteiger partial charge in [0.2, 0.25) is 0 Å². The van der Waals surface area contributed by atoms with E-state index in [0.717, 1.165) is 5.70 Å². The average Bonchev–Trinajstić information content (AvgIpc) is 2.48. The van der Waals surface area contributed by atoms with E-state index in [1.807, 2.05) is 30.6 Å². The maximum atomic E-state index is 4.07. The van der Waals surface area contributed by atoms with Gasteiger partial charge in [-0.15, -0.1) is 0 Å². The molecule has 94 valence electrons. The second-order valence-electron chi connectivity index (χ2n) is 4.71. The topological polar surface area (TPSA) is 24.9 Å². The van der Waals surface area contributed by atoms with Crippen molar-refractivity contribution in [2.24, 2.45) is 0 Å². The van der Waals surface area contributed by atoms with Gasteiger partial charge in [-0.05, 0) is 36.3 Å². The highest BCUT2D eigenvalue weighted by Crippen LogP contribution is 2.25. The number of rotatable bonds is 2. The van der Waals surface area contributed by atoms with E-state index in [1.54, 1.807) is 0 Å². The van der Waals surface area contributed by atoms with Gasteiger partial charge in [0.1, 0.15) is 0 Å². The molecule has 0 spiro atoms. The van der Waals surface area contributed by atoms with Crippen LogP contribution in [0.1, 0.15) is 18.1 Å². The van der Waals surface area contributed by atoms with E-state index in [4.69, 9.17) is 0 Å². The van der Waals surface area contributed by atoms with Crippen molar-refractivity contribution < 1.29 is 0 Å². The van der Waals surface area contributed by atoms with Crippen LogP contribution in [0.4, 0.5) is 0 Å². The molecule has 2 heteroatoms. The number of hydrogen-bond donors (Lipinski definition) is 1. The summed E-state index contributed by atoms with van der Waals surface area (Å²) in [4.78, 5) is 4.07. The van der Waals surface area contributed by atoms with Crippen molar-refractivity contribution in [3.05, 3.63) is 78.1 Å². The third-order valence-corrected chi connectivity index (χ3v) is 3.21. The molecule has 19 heavy (non-hydrogen) atoms. The first-order valence-corrected chi connectivity index (χ1v) is 6.49. The van der Waals surface area contributed by atoms with Gasteiger partial charge in [-0.2, -0.15) is 0 Å². The van der Waals surface area contributed by atoms with Gasteiger partial charge in [-0.1, -0.05) is 36.4 Å². The maximum Gasteiger partial charge on any atom is 0.0425 e. The fraction of sp³-hybridized carbons (Fsp3) is 0.118. The lowest BCUT2D eigenvalue weighted by atomic mass is 9.97. The minimum atomic E-state index is 0.323. The molecule has 0 radical (unpaired) electrons. The second-order valence-corrected chi connectivity index (χ2v) is 4.71. The van der Waals surface area contributed by atoms with E-state index in [-0.39, 0.29) is 0 Å². The molecule has 1 aliphatic rings. The van der Waals surface area contributed by atoms with Crippen LogP contribution in [0.2, 0.25) is 0 Å². The Balaban J connectivity index is 2.00. The lowest BCUT2D eigenvalue weighted by Gasteiger charge is -2.22. The van der Waals surface area contributed by atoms with Gasteiger partial charge in [-0.25, -0.2) is 0 Å². The van der Waals surface area contributed by atoms with Crippen molar-refractivity contribution in [1.29, 1.82) is 0 Å². The van der Waals surface area contributed by atoms with Crippen LogP contribution in [0.3, 0.4) is 0 Å². The first kappa shape index (κ1) is 11.7. The average molecular weight is 248 g/mol. The number of benzene rings is 1. The highest BCUT2D eigenvalue weighted by molar-refractivity contribution is 5.85. The summed E-state index contributed by atoms with van der Waals surface area (Å²) in [7, 11) is 0. The minimum Gasteiger partial charge on any atom is -0.379 e. The van der Waals surface area contributed by atoms with Crippen LogP contribution >= 0.6 is 0 Å². The van der Waals surface area contributed by atoms with Gasteiger partial charge in [-0.3, -0.25) is 4.98 Å². The zero-order valence-electron chi connectivity index (χ0n) is 10.9. The molecule has 2 aromatic rings. The van der Waals surface area contributed by atoms with Crippen molar-refractivity contribution in [2.75, 3.05) is 0 Å². The first-order chi connectivity index (χ1) is 9.33. The number of nitrogens with zero attached hydrogens (tertiary/aromatic N) is 1. The number of nitrogens with one attached hydrogen (secondary N) is 1. The molecule has 0 fully saturated rings. The molecule has 0 saturated carbocycles. The van der Waals surface area contributed by atoms with Gasteiger partial charge in [0.05, 0.1) is 0 Å². The Labute approximate surface area is 113 Å². The molecular formula is C17H16N2. The molecule has 2 heterocycles. The number of hydrogen-bond acceptors (Lipinski definition) is 2. The summed E-state index contributed by atoms with van der Waals surface area (Å²) in [5.74, 6) is 0. The Kier molecular flexibility index (Phi) is 3.15. The highest BCUT2D eigenvalue weighted by Gasteiger charge is 2.12. The molecule has 3 rings (SSSR count). The molecule has 1 aromatic carbocycles. The summed E-state index contributed by atoms with van der Waals surface area (Å²) in [5, 5.41) is 3.49. The quantitative estimate of drug-likeness (QED) is 0.880. The molecule has 1 atom stereocenters. The Morgan fingerprint density at radius 2 is 1.68 bits per heavy atom. The van der Waals surface area contributed by atoms with Crippen LogP contribution in [0.5, 0.6) is 0 Å². The first-order valence-electron chi connectivity index (χ1n) is 6.49. The highest BCUT2D eigenvalue weighted by atomic mass is 14.9. The standard InChI is InChI=1S/C17H16N2/c1-13-11-16(14-5-3-2-4-6-14)12-17(19-13)15-7-9-18-10-8-15/h2-13,19H,1H3. The van der Waals surface area contributed by atoms with Crippen LogP contribution in [-0.4, -0.2) is 11.0 Å². The zero-order chi connectivity index (χ0) is 13.1. The van der Waals surface area contributed by atoms with Crippen LogP contribution < -0.4 is 5.32 Å². The van der Waals surface area contributed by atoms with Crippen LogP contribution in [0.25, 0.3) is 11.3 Å². The van der Waals surface area contributed by atoms with Gasteiger partial charge < -0.3 is 5.32 Å². The fourth-order valence-corrected chi connectivity index (χ4v) is 2.31. The lowest BCUT2D eigenvalue weighted by molar-refractivity contribution is 0.781. The fourth-order valence-electron chi connectivity index (χ4n) is 2.31. The van der Waals surface area contributed by atoms with Gasteiger partial charge in [0, 0.05) is 29.7 Å². The summed E-state index contributed by atoms with van der Waals surface area (Å²) in [6.07, 6.45) is 8.09. The molecule has 0 amide bonds. The van der Waals surface area contributed by atoms with Crippen molar-refractivity contribution in [3.8, 4) is 0 Å². The summed E-state index contributed by atoms with van der Waals surface area (Å²) in [5.41, 5.74) is 4.83. The van der Waals surface area contributed by atoms with Crippen molar-refractivity contribution in [2.45, 2.75) is 13.0 Å². The zero-order valence-corrected chi connectivity index (χ0v) is 10.9. The molecule has 0 aliphatic carbocycles. The molecule has 1 unspecified atom stereocenters. The Hall–Kier alpha value is -2.35. The number of allylic oxidation sites excluding steroid dienone is 2. The maximum absolute atomic E-state index is 4.07. The van der Waals surface area contributed by atoms with E-state index in [9.17, 15) is 0 Å². The van der Waals surface area contributed by atoms with Crippen molar-refractivity contribution in [3.63, 3.8) is 0 Å². The van der Waals surface area contributed by atoms with Crippen LogP contribution in [-0.2, 0) is 0 Å². The summed E-state index contributed by atoms with van der Waals surface area (Å²) in [6.45, 7) is 2.16. The SMILES string of the molecule is CC1C=C(c2ccccc2)C=C(c2ccncc2)N1. The number of aromatic nitrogens is 1. The summed E-state index contributed by atoms with van der Waals surface area (Å²) < 4.78 is 0. The number of dihydropyridines is 1. The van der Waals surface area contributed by atoms with E-state index >= 15 is 0 Å². The van der Waals surface area contributed by atoms with E-state index < -0.39 is 0 Å². The van der Waals surface area contributed by atoms with E-state index in [2.05, 4.69) is 53.6 Å². The summed E-state index contributed by atoms with van der Waals surface area (Å²) in [6, 6.07) is 14.9. The molecule has 1 N–H and O–H groups in total. The normalized spacial score (nSPS) is 18.3. The molecular weight excluding hydrogens is 232 g/mol. The summed E-state index contributed by atoms with van der Waals surface area (Å²) >= 11 is 0. The van der Waals surface area contributed by atoms with Gasteiger partial charge >= 0.3 is 0 Å². The molecule has 2 nitrogen and oxygen atoms in total. The third-order valence-electron chi connectivity index (χ3n) is 3.21. The molecule has 1 aromatic heterocycles.